The molecule has 2 aromatic heterocycles. The summed E-state index contributed by atoms with van der Waals surface area (Å²) in [6, 6.07) is 1.96. The highest BCUT2D eigenvalue weighted by Crippen LogP contribution is 2.24. The van der Waals surface area contributed by atoms with Gasteiger partial charge in [0, 0.05) is 23.8 Å². The van der Waals surface area contributed by atoms with Gasteiger partial charge in [0.2, 0.25) is 0 Å². The normalized spacial score (nSPS) is 18.4. The Morgan fingerprint density at radius 3 is 2.83 bits per heavy atom. The van der Waals surface area contributed by atoms with Crippen LogP contribution in [0.2, 0.25) is 0 Å². The number of carbonyl (C=O) groups is 2. The maximum atomic E-state index is 12.9. The van der Waals surface area contributed by atoms with Crippen LogP contribution in [0.4, 0.5) is 0 Å². The van der Waals surface area contributed by atoms with E-state index in [-0.39, 0.29) is 12.5 Å². The van der Waals surface area contributed by atoms with Crippen molar-refractivity contribution >= 4 is 33.5 Å². The molecule has 23 heavy (non-hydrogen) atoms. The molecule has 1 fully saturated rings. The number of amides is 1. The van der Waals surface area contributed by atoms with Crippen molar-refractivity contribution in [3.8, 4) is 0 Å². The van der Waals surface area contributed by atoms with Gasteiger partial charge in [-0.25, -0.2) is 4.98 Å². The van der Waals surface area contributed by atoms with Crippen LogP contribution in [0.1, 0.15) is 34.6 Å². The molecule has 2 aromatic rings. The lowest BCUT2D eigenvalue weighted by atomic mass is 9.98. The van der Waals surface area contributed by atoms with Crippen molar-refractivity contribution in [1.82, 2.24) is 14.3 Å². The van der Waals surface area contributed by atoms with Crippen molar-refractivity contribution in [2.24, 2.45) is 5.92 Å². The Hall–Kier alpha value is -1.89. The standard InChI is InChI=1S/C16H18BrN3O3/c1-9-6-12(17)8-20-13(10(2)18-14(9)20)15(21)19-5-3-4-11(7-19)16(22)23/h6,8,11H,3-5,7H2,1-2H3,(H,22,23). The number of aromatic nitrogens is 2. The molecule has 0 bridgehead atoms. The van der Waals surface area contributed by atoms with Crippen LogP contribution in [0.3, 0.4) is 0 Å². The first-order valence-corrected chi connectivity index (χ1v) is 8.34. The molecule has 1 aliphatic heterocycles. The maximum absolute atomic E-state index is 12.9. The van der Waals surface area contributed by atoms with Crippen LogP contribution >= 0.6 is 15.9 Å². The molecule has 0 radical (unpaired) electrons. The minimum absolute atomic E-state index is 0.154. The first-order chi connectivity index (χ1) is 10.9. The monoisotopic (exact) mass is 379 g/mol. The number of hydrogen-bond acceptors (Lipinski definition) is 3. The highest BCUT2D eigenvalue weighted by Gasteiger charge is 2.31. The van der Waals surface area contributed by atoms with Crippen LogP contribution in [0, 0.1) is 19.8 Å². The summed E-state index contributed by atoms with van der Waals surface area (Å²) in [5.41, 5.74) is 2.90. The summed E-state index contributed by atoms with van der Waals surface area (Å²) in [5.74, 6) is -1.48. The van der Waals surface area contributed by atoms with Crippen molar-refractivity contribution in [2.75, 3.05) is 13.1 Å². The number of aryl methyl sites for hydroxylation is 2. The van der Waals surface area contributed by atoms with E-state index in [1.165, 1.54) is 0 Å². The number of carboxylic acids is 1. The lowest BCUT2D eigenvalue weighted by molar-refractivity contribution is -0.143. The first kappa shape index (κ1) is 16.0. The summed E-state index contributed by atoms with van der Waals surface area (Å²) in [4.78, 5) is 30.3. The molecule has 0 aromatic carbocycles. The number of carboxylic acid groups (broad SMARTS) is 1. The summed E-state index contributed by atoms with van der Waals surface area (Å²) < 4.78 is 2.66. The van der Waals surface area contributed by atoms with Gasteiger partial charge in [0.25, 0.3) is 5.91 Å². The molecule has 3 heterocycles. The number of piperidine rings is 1. The van der Waals surface area contributed by atoms with E-state index in [0.29, 0.717) is 30.8 Å². The van der Waals surface area contributed by atoms with Crippen molar-refractivity contribution in [2.45, 2.75) is 26.7 Å². The summed E-state index contributed by atoms with van der Waals surface area (Å²) >= 11 is 3.45. The number of carbonyl (C=O) groups excluding carboxylic acids is 1. The summed E-state index contributed by atoms with van der Waals surface area (Å²) in [6.45, 7) is 4.60. The van der Waals surface area contributed by atoms with Gasteiger partial charge in [0.15, 0.2) is 0 Å². The maximum Gasteiger partial charge on any atom is 0.308 e. The first-order valence-electron chi connectivity index (χ1n) is 7.55. The second kappa shape index (κ2) is 5.96. The second-order valence-electron chi connectivity index (χ2n) is 6.01. The largest absolute Gasteiger partial charge is 0.481 e. The fraction of sp³-hybridized carbons (Fsp3) is 0.438. The quantitative estimate of drug-likeness (QED) is 0.869. The lowest BCUT2D eigenvalue weighted by Gasteiger charge is -2.30. The molecular formula is C16H18BrN3O3. The van der Waals surface area contributed by atoms with Gasteiger partial charge < -0.3 is 10.0 Å². The average molecular weight is 380 g/mol. The molecule has 0 saturated carbocycles. The summed E-state index contributed by atoms with van der Waals surface area (Å²) in [7, 11) is 0. The van der Waals surface area contributed by atoms with Gasteiger partial charge in [-0.3, -0.25) is 14.0 Å². The third kappa shape index (κ3) is 2.85. The van der Waals surface area contributed by atoms with Crippen LogP contribution in [0.25, 0.3) is 5.65 Å². The lowest BCUT2D eigenvalue weighted by Crippen LogP contribution is -2.42. The van der Waals surface area contributed by atoms with Crippen LogP contribution in [-0.2, 0) is 4.79 Å². The number of fused-ring (bicyclic) bond motifs is 1. The number of nitrogens with zero attached hydrogens (tertiary/aromatic N) is 3. The molecular weight excluding hydrogens is 362 g/mol. The Balaban J connectivity index is 2.01. The molecule has 7 heteroatoms. The minimum Gasteiger partial charge on any atom is -0.481 e. The number of pyridine rings is 1. The van der Waals surface area contributed by atoms with Gasteiger partial charge in [-0.05, 0) is 54.2 Å². The van der Waals surface area contributed by atoms with Crippen LogP contribution in [0.15, 0.2) is 16.7 Å². The molecule has 1 aliphatic rings. The molecule has 1 amide bonds. The fourth-order valence-electron chi connectivity index (χ4n) is 3.15. The Morgan fingerprint density at radius 2 is 2.13 bits per heavy atom. The van der Waals surface area contributed by atoms with Gasteiger partial charge in [0.1, 0.15) is 11.3 Å². The zero-order valence-electron chi connectivity index (χ0n) is 13.0. The molecule has 1 unspecified atom stereocenters. The van der Waals surface area contributed by atoms with Gasteiger partial charge in [-0.2, -0.15) is 0 Å². The second-order valence-corrected chi connectivity index (χ2v) is 6.92. The molecule has 6 nitrogen and oxygen atoms in total. The number of hydrogen-bond donors (Lipinski definition) is 1. The Kier molecular flexibility index (Phi) is 4.14. The molecule has 1 atom stereocenters. The number of likely N-dealkylation sites (tertiary alicyclic amines) is 1. The van der Waals surface area contributed by atoms with Crippen molar-refractivity contribution in [3.63, 3.8) is 0 Å². The van der Waals surface area contributed by atoms with Gasteiger partial charge in [0.05, 0.1) is 11.6 Å². The predicted octanol–water partition coefficient (Wildman–Crippen LogP) is 2.65. The SMILES string of the molecule is Cc1nc2c(C)cc(Br)cn2c1C(=O)N1CCCC(C(=O)O)C1. The zero-order chi connectivity index (χ0) is 16.7. The minimum atomic E-state index is -0.837. The van der Waals surface area contributed by atoms with Crippen LogP contribution in [0.5, 0.6) is 0 Å². The number of halogens is 1. The fourth-order valence-corrected chi connectivity index (χ4v) is 3.70. The van der Waals surface area contributed by atoms with E-state index < -0.39 is 11.9 Å². The highest BCUT2D eigenvalue weighted by atomic mass is 79.9. The van der Waals surface area contributed by atoms with E-state index in [0.717, 1.165) is 15.7 Å². The third-order valence-electron chi connectivity index (χ3n) is 4.31. The molecule has 0 aliphatic carbocycles. The predicted molar refractivity (Wildman–Crippen MR) is 88.6 cm³/mol. The van der Waals surface area contributed by atoms with Gasteiger partial charge in [-0.15, -0.1) is 0 Å². The number of rotatable bonds is 2. The number of aliphatic carboxylic acids is 1. The smallest absolute Gasteiger partial charge is 0.308 e. The van der Waals surface area contributed by atoms with E-state index in [2.05, 4.69) is 20.9 Å². The molecule has 1 saturated heterocycles. The Bertz CT molecular complexity index is 799. The van der Waals surface area contributed by atoms with Crippen LogP contribution in [-0.4, -0.2) is 44.4 Å². The third-order valence-corrected chi connectivity index (χ3v) is 4.74. The van der Waals surface area contributed by atoms with E-state index in [4.69, 9.17) is 0 Å². The number of imidazole rings is 1. The Morgan fingerprint density at radius 1 is 1.39 bits per heavy atom. The van der Waals surface area contributed by atoms with E-state index in [1.54, 1.807) is 9.30 Å². The Labute approximate surface area is 142 Å². The van der Waals surface area contributed by atoms with Gasteiger partial charge in [-0.1, -0.05) is 0 Å². The van der Waals surface area contributed by atoms with Crippen molar-refractivity contribution in [1.29, 1.82) is 0 Å². The molecule has 0 spiro atoms. The highest BCUT2D eigenvalue weighted by molar-refractivity contribution is 9.10. The van der Waals surface area contributed by atoms with E-state index in [9.17, 15) is 14.7 Å². The molecule has 1 N–H and O–H groups in total. The zero-order valence-corrected chi connectivity index (χ0v) is 14.6. The van der Waals surface area contributed by atoms with E-state index >= 15 is 0 Å². The summed E-state index contributed by atoms with van der Waals surface area (Å²) in [5, 5.41) is 9.21. The molecule has 3 rings (SSSR count). The van der Waals surface area contributed by atoms with E-state index in [1.807, 2.05) is 26.1 Å². The summed E-state index contributed by atoms with van der Waals surface area (Å²) in [6.07, 6.45) is 3.16. The average Bonchev–Trinajstić information content (AvgIpc) is 2.83. The molecule has 122 valence electrons. The van der Waals surface area contributed by atoms with Crippen LogP contribution < -0.4 is 0 Å². The van der Waals surface area contributed by atoms with Gasteiger partial charge >= 0.3 is 5.97 Å². The van der Waals surface area contributed by atoms with Crippen molar-refractivity contribution in [3.05, 3.63) is 33.7 Å². The topological polar surface area (TPSA) is 74.9 Å². The van der Waals surface area contributed by atoms with Crippen molar-refractivity contribution < 1.29 is 14.7 Å².